The van der Waals surface area contributed by atoms with Gasteiger partial charge in [0.05, 0.1) is 43.0 Å². The molecule has 0 aliphatic heterocycles. The van der Waals surface area contributed by atoms with Gasteiger partial charge in [0.15, 0.2) is 17.1 Å². The van der Waals surface area contributed by atoms with Gasteiger partial charge in [-0.05, 0) is 65.6 Å². The third kappa shape index (κ3) is 10.1. The van der Waals surface area contributed by atoms with Crippen molar-refractivity contribution in [2.75, 3.05) is 0 Å². The Hall–Kier alpha value is -9.17. The van der Waals surface area contributed by atoms with Crippen LogP contribution in [-0.4, -0.2) is 0 Å². The van der Waals surface area contributed by atoms with Gasteiger partial charge >= 0.3 is 5.82 Å². The van der Waals surface area contributed by atoms with Gasteiger partial charge in [-0.25, -0.2) is 31.2 Å². The Morgan fingerprint density at radius 1 is 0.610 bits per heavy atom. The minimum atomic E-state index is -3.45. The zero-order chi connectivity index (χ0) is 43.8. The van der Waals surface area contributed by atoms with E-state index >= 15 is 4.39 Å². The fraction of sp³-hybridized carbons (Fsp3) is 0.0682. The lowest BCUT2D eigenvalue weighted by Crippen LogP contribution is -2.29. The molecule has 282 valence electrons. The molecule has 0 aromatic heterocycles. The van der Waals surface area contributed by atoms with Gasteiger partial charge in [0.2, 0.25) is 0 Å². The molecule has 0 heterocycles. The van der Waals surface area contributed by atoms with Crippen molar-refractivity contribution in [3.63, 3.8) is 0 Å². The minimum Gasteiger partial charge on any atom is -0.250 e. The van der Waals surface area contributed by atoms with Crippen molar-refractivity contribution in [2.24, 2.45) is 0 Å². The average Bonchev–Trinajstić information content (AvgIpc) is 3.25. The zero-order valence-electron chi connectivity index (χ0n) is 30.0. The summed E-state index contributed by atoms with van der Waals surface area (Å²) in [6.07, 6.45) is -5.89. The first-order valence-corrected chi connectivity index (χ1v) is 16.1. The fourth-order valence-electron chi connectivity index (χ4n) is 5.30. The van der Waals surface area contributed by atoms with Crippen LogP contribution in [0, 0.1) is 96.7 Å². The summed E-state index contributed by atoms with van der Waals surface area (Å²) >= 11 is 0. The summed E-state index contributed by atoms with van der Waals surface area (Å²) in [7, 11) is 0. The van der Waals surface area contributed by atoms with Crippen molar-refractivity contribution >= 4 is 28.5 Å². The van der Waals surface area contributed by atoms with Gasteiger partial charge in [-0.2, -0.15) is 30.7 Å². The Morgan fingerprint density at radius 3 is 1.64 bits per heavy atom. The molecule has 9 nitrogen and oxygen atoms in total. The Bertz CT molecular complexity index is 2940. The van der Waals surface area contributed by atoms with Crippen LogP contribution in [0.3, 0.4) is 0 Å². The van der Waals surface area contributed by atoms with Gasteiger partial charge in [-0.3, -0.25) is 9.69 Å². The van der Waals surface area contributed by atoms with Gasteiger partial charge in [0, 0.05) is 21.9 Å². The molecular formula is C44H19F6N9. The van der Waals surface area contributed by atoms with E-state index in [1.807, 2.05) is 12.1 Å². The van der Waals surface area contributed by atoms with Crippen molar-refractivity contribution in [1.82, 2.24) is 0 Å². The summed E-state index contributed by atoms with van der Waals surface area (Å²) < 4.78 is 82.4. The van der Waals surface area contributed by atoms with E-state index in [0.29, 0.717) is 16.8 Å². The second-order valence-electron chi connectivity index (χ2n) is 11.4. The number of rotatable bonds is 4. The van der Waals surface area contributed by atoms with Crippen LogP contribution in [0.15, 0.2) is 84.9 Å². The number of aryl methyl sites for hydroxylation is 1. The molecule has 5 rings (SSSR count). The van der Waals surface area contributed by atoms with Crippen LogP contribution < -0.4 is 10.4 Å². The van der Waals surface area contributed by atoms with Crippen molar-refractivity contribution in [3.8, 4) is 46.5 Å². The molecule has 0 aliphatic rings. The Balaban J connectivity index is 0.000000375. The van der Waals surface area contributed by atoms with Crippen LogP contribution >= 0.6 is 0 Å². The van der Waals surface area contributed by atoms with Gasteiger partial charge in [-0.15, -0.1) is 0 Å². The molecule has 0 radical (unpaired) electrons. The molecule has 0 fully saturated rings. The lowest BCUT2D eigenvalue weighted by atomic mass is 9.87. The van der Waals surface area contributed by atoms with Crippen molar-refractivity contribution in [1.29, 1.82) is 21.0 Å². The first-order valence-electron chi connectivity index (χ1n) is 16.1. The molecule has 0 atom stereocenters. The highest BCUT2D eigenvalue weighted by molar-refractivity contribution is 5.88. The van der Waals surface area contributed by atoms with Crippen LogP contribution in [0.25, 0.3) is 57.9 Å². The summed E-state index contributed by atoms with van der Waals surface area (Å²) in [6.45, 7) is 37.5. The Morgan fingerprint density at radius 2 is 1.19 bits per heavy atom. The van der Waals surface area contributed by atoms with E-state index in [9.17, 15) is 37.7 Å². The molecule has 0 aliphatic carbocycles. The molecule has 0 N–H and O–H groups in total. The van der Waals surface area contributed by atoms with E-state index in [2.05, 4.69) is 24.2 Å². The SMILES string of the molecule is N#Cc1ccc(F)cc1.[C-]#[N+]C([N+]#[C-])=c1c(F)c(-c2ccc(C#N)c(C)c2)c(=C(C#N)C#N)c(C(F)F)c1-c1ccc([N+]#[C-])c([N+]#[C-])c1.[C-]#[N+]c1ccc(C(F)F)cc1. The number of hydrogen-bond donors (Lipinski definition) is 0. The number of hydrogen-bond acceptors (Lipinski definition) is 4. The van der Waals surface area contributed by atoms with Crippen LogP contribution in [0.4, 0.5) is 43.4 Å². The molecule has 5 aromatic carbocycles. The van der Waals surface area contributed by atoms with Crippen molar-refractivity contribution in [2.45, 2.75) is 19.8 Å². The summed E-state index contributed by atoms with van der Waals surface area (Å²) in [5, 5.41) is 35.3. The third-order valence-corrected chi connectivity index (χ3v) is 7.99. The Labute approximate surface area is 333 Å². The van der Waals surface area contributed by atoms with Crippen molar-refractivity contribution < 1.29 is 26.3 Å². The monoisotopic (exact) mass is 787 g/mol. The van der Waals surface area contributed by atoms with Crippen LogP contribution in [0.1, 0.15) is 40.7 Å². The first-order chi connectivity index (χ1) is 28.3. The molecule has 0 saturated carbocycles. The van der Waals surface area contributed by atoms with E-state index in [1.54, 1.807) is 0 Å². The number of nitriles is 4. The fourth-order valence-corrected chi connectivity index (χ4v) is 5.30. The summed E-state index contributed by atoms with van der Waals surface area (Å²) in [5.74, 6) is -2.54. The van der Waals surface area contributed by atoms with E-state index in [1.165, 1.54) is 85.8 Å². The minimum absolute atomic E-state index is 0.0441. The van der Waals surface area contributed by atoms with Gasteiger partial charge in [0.25, 0.3) is 12.9 Å². The molecule has 0 bridgehead atoms. The number of halogens is 6. The average molecular weight is 788 g/mol. The maximum atomic E-state index is 16.5. The van der Waals surface area contributed by atoms with E-state index in [0.717, 1.165) is 18.2 Å². The molecular weight excluding hydrogens is 769 g/mol. The van der Waals surface area contributed by atoms with Crippen molar-refractivity contribution in [3.05, 3.63) is 192 Å². The molecule has 0 saturated heterocycles. The summed E-state index contributed by atoms with van der Waals surface area (Å²) in [6, 6.07) is 24.8. The summed E-state index contributed by atoms with van der Waals surface area (Å²) in [4.78, 5) is 15.5. The van der Waals surface area contributed by atoms with Crippen LogP contribution in [0.5, 0.6) is 0 Å². The van der Waals surface area contributed by atoms with Gasteiger partial charge in [-0.1, -0.05) is 48.5 Å². The second-order valence-corrected chi connectivity index (χ2v) is 11.4. The van der Waals surface area contributed by atoms with Gasteiger partial charge in [0.1, 0.15) is 47.7 Å². The molecule has 0 amide bonds. The highest BCUT2D eigenvalue weighted by Crippen LogP contribution is 2.37. The first kappa shape index (κ1) is 44.2. The van der Waals surface area contributed by atoms with E-state index in [-0.39, 0.29) is 39.4 Å². The molecule has 0 spiro atoms. The maximum absolute atomic E-state index is 16.5. The lowest BCUT2D eigenvalue weighted by Gasteiger charge is -2.17. The quantitative estimate of drug-likeness (QED) is 0.133. The maximum Gasteiger partial charge on any atom is 0.530 e. The molecule has 15 heteroatoms. The lowest BCUT2D eigenvalue weighted by molar-refractivity contribution is 0.150. The van der Waals surface area contributed by atoms with Crippen LogP contribution in [0.2, 0.25) is 0 Å². The standard InChI is InChI=1S/C29H10F3N7.C8H5F2N.C7H4FN/c1-15-10-16(6-7-18(15)12-33)24-23(19(13-34)14-35)25(28(31)32)22(26(27(24)30)29(38-4)39-5)17-8-9-20(36-2)21(11-17)37-3;1-11-7-4-2-6(3-5-7)8(9)10;8-7-3-1-6(5-9)2-4-7/h6-11,28H,1H3;2-5,8H;1-4H. The van der Waals surface area contributed by atoms with E-state index in [4.69, 9.17) is 38.1 Å². The Kier molecular flexibility index (Phi) is 15.4. The second kappa shape index (κ2) is 20.5. The highest BCUT2D eigenvalue weighted by Gasteiger charge is 2.30. The zero-order valence-corrected chi connectivity index (χ0v) is 30.0. The molecule has 0 unspecified atom stereocenters. The number of benzene rings is 5. The molecule has 5 aromatic rings. The number of alkyl halides is 4. The normalized spacial score (nSPS) is 9.42. The third-order valence-electron chi connectivity index (χ3n) is 7.99. The topological polar surface area (TPSA) is 117 Å². The molecule has 59 heavy (non-hydrogen) atoms. The largest absolute Gasteiger partial charge is 0.530 e. The smallest absolute Gasteiger partial charge is 0.250 e. The predicted octanol–water partition coefficient (Wildman–Crippen LogP) is 11.4. The van der Waals surface area contributed by atoms with Crippen LogP contribution in [-0.2, 0) is 0 Å². The van der Waals surface area contributed by atoms with E-state index < -0.39 is 57.2 Å². The predicted molar refractivity (Wildman–Crippen MR) is 203 cm³/mol. The summed E-state index contributed by atoms with van der Waals surface area (Å²) in [5.41, 5.74) is -2.42. The number of nitrogens with zero attached hydrogens (tertiary/aromatic N) is 9. The van der Waals surface area contributed by atoms with Gasteiger partial charge < -0.3 is 0 Å². The highest BCUT2D eigenvalue weighted by atomic mass is 19.3.